The SMILES string of the molecule is C1=C=Nc2oc(-c3cc(-c4nc5cccnc5o4)cc(N4c5ccccc5Sc5ccccc54)c3)nc2C=1. The summed E-state index contributed by atoms with van der Waals surface area (Å²) in [5.41, 5.74) is 9.25. The maximum Gasteiger partial charge on any atom is 0.256 e. The Balaban J connectivity index is 1.37. The highest BCUT2D eigenvalue weighted by molar-refractivity contribution is 7.99. The number of aliphatic imine (C=N–C) groups is 1. The van der Waals surface area contributed by atoms with E-state index in [0.29, 0.717) is 34.6 Å². The lowest BCUT2D eigenvalue weighted by molar-refractivity contribution is 0.584. The molecule has 5 heterocycles. The van der Waals surface area contributed by atoms with Crippen molar-refractivity contribution in [2.75, 3.05) is 4.90 Å². The molecule has 178 valence electrons. The van der Waals surface area contributed by atoms with Gasteiger partial charge in [-0.15, -0.1) is 0 Å². The molecule has 3 aromatic heterocycles. The van der Waals surface area contributed by atoms with E-state index in [1.165, 1.54) is 9.79 Å². The van der Waals surface area contributed by atoms with Gasteiger partial charge in [-0.3, -0.25) is 0 Å². The highest BCUT2D eigenvalue weighted by Crippen LogP contribution is 2.52. The van der Waals surface area contributed by atoms with Crippen molar-refractivity contribution in [2.24, 2.45) is 4.99 Å². The van der Waals surface area contributed by atoms with Gasteiger partial charge >= 0.3 is 0 Å². The third-order valence-corrected chi connectivity index (χ3v) is 7.46. The van der Waals surface area contributed by atoms with Crippen LogP contribution in [0.5, 0.6) is 0 Å². The van der Waals surface area contributed by atoms with Crippen molar-refractivity contribution in [3.63, 3.8) is 0 Å². The monoisotopic (exact) mass is 509 g/mol. The second kappa shape index (κ2) is 8.20. The van der Waals surface area contributed by atoms with Crippen molar-refractivity contribution in [3.8, 4) is 22.9 Å². The van der Waals surface area contributed by atoms with Crippen LogP contribution in [0.15, 0.2) is 114 Å². The van der Waals surface area contributed by atoms with Gasteiger partial charge in [0, 0.05) is 44.7 Å². The minimum Gasteiger partial charge on any atom is -0.418 e. The van der Waals surface area contributed by atoms with Gasteiger partial charge in [-0.05, 0) is 60.3 Å². The summed E-state index contributed by atoms with van der Waals surface area (Å²) < 4.78 is 12.1. The van der Waals surface area contributed by atoms with Gasteiger partial charge < -0.3 is 13.7 Å². The van der Waals surface area contributed by atoms with Crippen LogP contribution < -0.4 is 4.90 Å². The molecule has 0 N–H and O–H groups in total. The molecule has 3 aromatic carbocycles. The summed E-state index contributed by atoms with van der Waals surface area (Å²) in [5.74, 6) is 3.99. The summed E-state index contributed by atoms with van der Waals surface area (Å²) in [6.45, 7) is 0. The zero-order valence-electron chi connectivity index (χ0n) is 19.6. The lowest BCUT2D eigenvalue weighted by Gasteiger charge is -2.33. The molecule has 0 unspecified atom stereocenters. The Morgan fingerprint density at radius 3 is 2.24 bits per heavy atom. The van der Waals surface area contributed by atoms with Crippen molar-refractivity contribution in [3.05, 3.63) is 96.5 Å². The predicted molar refractivity (Wildman–Crippen MR) is 147 cm³/mol. The third kappa shape index (κ3) is 3.34. The average Bonchev–Trinajstić information content (AvgIpc) is 3.60. The molecular formula is C30H15N5O2S. The molecule has 0 radical (unpaired) electrons. The van der Waals surface area contributed by atoms with Crippen molar-refractivity contribution >= 4 is 57.9 Å². The van der Waals surface area contributed by atoms with E-state index in [9.17, 15) is 0 Å². The van der Waals surface area contributed by atoms with Crippen LogP contribution in [0.3, 0.4) is 0 Å². The van der Waals surface area contributed by atoms with Gasteiger partial charge in [0.25, 0.3) is 5.88 Å². The van der Waals surface area contributed by atoms with Crippen LogP contribution in [0.25, 0.3) is 40.2 Å². The molecule has 0 saturated heterocycles. The van der Waals surface area contributed by atoms with Crippen LogP contribution in [-0.4, -0.2) is 20.8 Å². The molecule has 0 fully saturated rings. The maximum absolute atomic E-state index is 6.07. The van der Waals surface area contributed by atoms with Gasteiger partial charge in [-0.1, -0.05) is 36.0 Å². The fourth-order valence-corrected chi connectivity index (χ4v) is 5.73. The molecule has 0 spiro atoms. The molecular weight excluding hydrogens is 494 g/mol. The van der Waals surface area contributed by atoms with E-state index in [1.54, 1.807) is 24.0 Å². The number of hydrogen-bond donors (Lipinski definition) is 0. The number of pyridine rings is 1. The molecule has 2 aliphatic heterocycles. The smallest absolute Gasteiger partial charge is 0.256 e. The minimum atomic E-state index is 0.404. The first kappa shape index (κ1) is 21.0. The Hall–Kier alpha value is -5.13. The molecule has 0 saturated carbocycles. The fourth-order valence-electron chi connectivity index (χ4n) is 4.67. The number of nitrogens with zero attached hydrogens (tertiary/aromatic N) is 5. The maximum atomic E-state index is 6.07. The number of fused-ring (bicyclic) bond motifs is 4. The zero-order chi connectivity index (χ0) is 25.1. The molecule has 6 aromatic rings. The molecule has 7 nitrogen and oxygen atoms in total. The van der Waals surface area contributed by atoms with Gasteiger partial charge in [0.2, 0.25) is 17.5 Å². The number of hydrogen-bond acceptors (Lipinski definition) is 8. The molecule has 38 heavy (non-hydrogen) atoms. The minimum absolute atomic E-state index is 0.404. The van der Waals surface area contributed by atoms with Crippen LogP contribution in [0, 0.1) is 0 Å². The summed E-state index contributed by atoms with van der Waals surface area (Å²) >= 11 is 1.76. The average molecular weight is 510 g/mol. The van der Waals surface area contributed by atoms with Crippen LogP contribution in [0.1, 0.15) is 5.69 Å². The molecule has 0 atom stereocenters. The Bertz CT molecular complexity index is 1900. The third-order valence-electron chi connectivity index (χ3n) is 6.33. The quantitative estimate of drug-likeness (QED) is 0.223. The number of aromatic nitrogens is 3. The molecule has 8 rings (SSSR count). The van der Waals surface area contributed by atoms with E-state index in [1.807, 2.05) is 18.2 Å². The first-order chi connectivity index (χ1) is 18.8. The zero-order valence-corrected chi connectivity index (χ0v) is 20.4. The second-order valence-electron chi connectivity index (χ2n) is 8.71. The van der Waals surface area contributed by atoms with Gasteiger partial charge in [0.15, 0.2) is 0 Å². The van der Waals surface area contributed by atoms with E-state index in [2.05, 4.69) is 92.1 Å². The van der Waals surface area contributed by atoms with Crippen LogP contribution in [0.2, 0.25) is 0 Å². The highest BCUT2D eigenvalue weighted by Gasteiger charge is 2.26. The van der Waals surface area contributed by atoms with Gasteiger partial charge in [0.05, 0.1) is 11.4 Å². The number of benzene rings is 3. The molecule has 0 aliphatic carbocycles. The van der Waals surface area contributed by atoms with Crippen molar-refractivity contribution in [1.82, 2.24) is 15.0 Å². The molecule has 8 heteroatoms. The predicted octanol–water partition coefficient (Wildman–Crippen LogP) is 7.96. The van der Waals surface area contributed by atoms with Gasteiger partial charge in [-0.25, -0.2) is 15.0 Å². The van der Waals surface area contributed by atoms with Crippen molar-refractivity contribution < 1.29 is 8.83 Å². The number of oxazole rings is 2. The normalized spacial score (nSPS) is 13.0. The first-order valence-corrected chi connectivity index (χ1v) is 12.7. The van der Waals surface area contributed by atoms with Crippen LogP contribution in [0.4, 0.5) is 22.9 Å². The molecule has 0 bridgehead atoms. The number of rotatable bonds is 3. The van der Waals surface area contributed by atoms with Gasteiger partial charge in [0.1, 0.15) is 11.2 Å². The van der Waals surface area contributed by atoms with Gasteiger partial charge in [-0.2, -0.15) is 4.99 Å². The summed E-state index contributed by atoms with van der Waals surface area (Å²) in [5, 5.41) is 0. The summed E-state index contributed by atoms with van der Waals surface area (Å²) in [6.07, 6.45) is 3.40. The summed E-state index contributed by atoms with van der Waals surface area (Å²) in [7, 11) is 0. The van der Waals surface area contributed by atoms with Crippen LogP contribution >= 0.6 is 11.8 Å². The van der Waals surface area contributed by atoms with E-state index in [4.69, 9.17) is 13.8 Å². The lowest BCUT2D eigenvalue weighted by atomic mass is 10.1. The fraction of sp³-hybridized carbons (Fsp3) is 0. The van der Waals surface area contributed by atoms with E-state index < -0.39 is 0 Å². The lowest BCUT2D eigenvalue weighted by Crippen LogP contribution is -2.14. The van der Waals surface area contributed by atoms with E-state index in [0.717, 1.165) is 28.2 Å². The summed E-state index contributed by atoms with van der Waals surface area (Å²) in [6, 6.07) is 26.6. The van der Waals surface area contributed by atoms with Crippen molar-refractivity contribution in [1.29, 1.82) is 0 Å². The Labute approximate surface area is 220 Å². The topological polar surface area (TPSA) is 80.5 Å². The largest absolute Gasteiger partial charge is 0.418 e. The van der Waals surface area contributed by atoms with E-state index in [-0.39, 0.29) is 0 Å². The summed E-state index contributed by atoms with van der Waals surface area (Å²) in [4.78, 5) is 22.4. The first-order valence-electron chi connectivity index (χ1n) is 11.9. The second-order valence-corrected chi connectivity index (χ2v) is 9.79. The Morgan fingerprint density at radius 2 is 1.50 bits per heavy atom. The van der Waals surface area contributed by atoms with Crippen LogP contribution in [-0.2, 0) is 0 Å². The number of para-hydroxylation sites is 2. The van der Waals surface area contributed by atoms with Crippen molar-refractivity contribution in [2.45, 2.75) is 9.79 Å². The standard InChI is InChI=1S/C30H15N5O2S/c1-3-11-25-23(9-1)35(24-10-2-4-12-26(24)38-25)20-16-18(27-33-21-7-5-13-31-29(21)36-27)15-19(17-20)28-34-22-8-6-14-32-30(22)37-28/h1-5,7-13,15-17H. The molecule has 0 amide bonds. The van der Waals surface area contributed by atoms with E-state index >= 15 is 0 Å². The highest BCUT2D eigenvalue weighted by atomic mass is 32.2. The Kier molecular flexibility index (Phi) is 4.53. The molecule has 2 aliphatic rings. The number of anilines is 3. The Morgan fingerprint density at radius 1 is 0.763 bits per heavy atom.